The molecule has 124 valence electrons. The van der Waals surface area contributed by atoms with Crippen molar-refractivity contribution in [3.05, 3.63) is 54.1 Å². The zero-order chi connectivity index (χ0) is 17.2. The number of aromatic nitrogens is 4. The summed E-state index contributed by atoms with van der Waals surface area (Å²) in [5, 5.41) is 11.3. The molecule has 8 heteroatoms. The van der Waals surface area contributed by atoms with Crippen molar-refractivity contribution in [2.24, 2.45) is 7.05 Å². The van der Waals surface area contributed by atoms with Gasteiger partial charge in [0.2, 0.25) is 0 Å². The van der Waals surface area contributed by atoms with E-state index in [4.69, 9.17) is 0 Å². The smallest absolute Gasteiger partial charge is 0.261 e. The third-order valence-electron chi connectivity index (χ3n) is 3.66. The minimum absolute atomic E-state index is 0.237. The van der Waals surface area contributed by atoms with E-state index in [1.165, 1.54) is 0 Å². The molecule has 0 aliphatic rings. The first-order valence-electron chi connectivity index (χ1n) is 7.44. The summed E-state index contributed by atoms with van der Waals surface area (Å²) in [7, 11) is -1.87. The van der Waals surface area contributed by atoms with Crippen molar-refractivity contribution in [3.63, 3.8) is 0 Å². The average Bonchev–Trinajstić information content (AvgIpc) is 3.01. The standard InChI is InChI=1S/C16H17N5O2S/c1-3-12-4-10-15(11-5-12)24(22,23)18-14-8-6-13(7-9-14)16-17-19-20-21(16)2/h4-11,18H,3H2,1-2H3. The van der Waals surface area contributed by atoms with E-state index in [1.807, 2.05) is 19.1 Å². The summed E-state index contributed by atoms with van der Waals surface area (Å²) in [5.41, 5.74) is 2.38. The summed E-state index contributed by atoms with van der Waals surface area (Å²) < 4.78 is 29.0. The molecule has 24 heavy (non-hydrogen) atoms. The number of rotatable bonds is 5. The van der Waals surface area contributed by atoms with E-state index in [9.17, 15) is 8.42 Å². The second kappa shape index (κ2) is 6.40. The molecule has 3 rings (SSSR count). The van der Waals surface area contributed by atoms with Crippen LogP contribution in [0, 0.1) is 0 Å². The van der Waals surface area contributed by atoms with E-state index < -0.39 is 10.0 Å². The summed E-state index contributed by atoms with van der Waals surface area (Å²) in [4.78, 5) is 0.237. The Balaban J connectivity index is 1.81. The lowest BCUT2D eigenvalue weighted by Crippen LogP contribution is -2.12. The Kier molecular flexibility index (Phi) is 4.30. The summed E-state index contributed by atoms with van der Waals surface area (Å²) >= 11 is 0. The van der Waals surface area contributed by atoms with Crippen LogP contribution in [0.25, 0.3) is 11.4 Å². The number of benzene rings is 2. The van der Waals surface area contributed by atoms with Gasteiger partial charge in [-0.15, -0.1) is 5.10 Å². The second-order valence-corrected chi connectivity index (χ2v) is 6.99. The zero-order valence-electron chi connectivity index (χ0n) is 13.3. The van der Waals surface area contributed by atoms with Crippen molar-refractivity contribution >= 4 is 15.7 Å². The van der Waals surface area contributed by atoms with Crippen molar-refractivity contribution < 1.29 is 8.42 Å². The number of sulfonamides is 1. The van der Waals surface area contributed by atoms with Gasteiger partial charge in [-0.2, -0.15) is 0 Å². The van der Waals surface area contributed by atoms with E-state index in [0.29, 0.717) is 11.5 Å². The molecule has 0 radical (unpaired) electrons. The van der Waals surface area contributed by atoms with E-state index >= 15 is 0 Å². The van der Waals surface area contributed by atoms with Gasteiger partial charge < -0.3 is 0 Å². The summed E-state index contributed by atoms with van der Waals surface area (Å²) in [6.07, 6.45) is 0.867. The number of anilines is 1. The van der Waals surface area contributed by atoms with E-state index in [2.05, 4.69) is 20.2 Å². The second-order valence-electron chi connectivity index (χ2n) is 5.31. The highest BCUT2D eigenvalue weighted by molar-refractivity contribution is 7.92. The number of tetrazole rings is 1. The lowest BCUT2D eigenvalue weighted by molar-refractivity contribution is 0.601. The van der Waals surface area contributed by atoms with Gasteiger partial charge in [0.1, 0.15) is 0 Å². The van der Waals surface area contributed by atoms with Crippen molar-refractivity contribution in [1.82, 2.24) is 20.2 Å². The number of aryl methyl sites for hydroxylation is 2. The maximum atomic E-state index is 12.4. The molecule has 0 bridgehead atoms. The highest BCUT2D eigenvalue weighted by Gasteiger charge is 2.14. The van der Waals surface area contributed by atoms with E-state index in [-0.39, 0.29) is 4.90 Å². The van der Waals surface area contributed by atoms with Crippen molar-refractivity contribution in [3.8, 4) is 11.4 Å². The Morgan fingerprint density at radius 1 is 1.04 bits per heavy atom. The maximum absolute atomic E-state index is 12.4. The predicted molar refractivity (Wildman–Crippen MR) is 90.9 cm³/mol. The van der Waals surface area contributed by atoms with Crippen LogP contribution in [-0.2, 0) is 23.5 Å². The van der Waals surface area contributed by atoms with Gasteiger partial charge in [-0.05, 0) is 58.8 Å². The highest BCUT2D eigenvalue weighted by Crippen LogP contribution is 2.21. The maximum Gasteiger partial charge on any atom is 0.261 e. The lowest BCUT2D eigenvalue weighted by atomic mass is 10.2. The minimum atomic E-state index is -3.61. The lowest BCUT2D eigenvalue weighted by Gasteiger charge is -2.09. The highest BCUT2D eigenvalue weighted by atomic mass is 32.2. The van der Waals surface area contributed by atoms with Gasteiger partial charge in [0.15, 0.2) is 5.82 Å². The molecule has 0 unspecified atom stereocenters. The first-order valence-corrected chi connectivity index (χ1v) is 8.92. The van der Waals surface area contributed by atoms with Gasteiger partial charge >= 0.3 is 0 Å². The molecule has 0 aliphatic carbocycles. The summed E-state index contributed by atoms with van der Waals surface area (Å²) in [6, 6.07) is 13.8. The quantitative estimate of drug-likeness (QED) is 0.767. The molecule has 1 heterocycles. The van der Waals surface area contributed by atoms with Crippen LogP contribution in [0.4, 0.5) is 5.69 Å². The first kappa shape index (κ1) is 16.1. The molecule has 0 aliphatic heterocycles. The Bertz CT molecular complexity index is 931. The monoisotopic (exact) mass is 343 g/mol. The molecule has 3 aromatic rings. The molecular weight excluding hydrogens is 326 g/mol. The fourth-order valence-corrected chi connectivity index (χ4v) is 3.34. The molecule has 7 nitrogen and oxygen atoms in total. The van der Waals surface area contributed by atoms with Crippen LogP contribution in [0.2, 0.25) is 0 Å². The number of nitrogens with one attached hydrogen (secondary N) is 1. The predicted octanol–water partition coefficient (Wildman–Crippen LogP) is 2.24. The van der Waals surface area contributed by atoms with Crippen LogP contribution in [-0.4, -0.2) is 28.6 Å². The third kappa shape index (κ3) is 3.28. The van der Waals surface area contributed by atoms with Gasteiger partial charge in [0.25, 0.3) is 10.0 Å². The molecule has 0 saturated heterocycles. The fraction of sp³-hybridized carbons (Fsp3) is 0.188. The Morgan fingerprint density at radius 2 is 1.71 bits per heavy atom. The topological polar surface area (TPSA) is 89.8 Å². The molecule has 1 N–H and O–H groups in total. The van der Waals surface area contributed by atoms with Gasteiger partial charge in [-0.3, -0.25) is 4.72 Å². The molecule has 0 fully saturated rings. The Morgan fingerprint density at radius 3 is 2.25 bits per heavy atom. The number of hydrogen-bond donors (Lipinski definition) is 1. The van der Waals surface area contributed by atoms with Crippen molar-refractivity contribution in [1.29, 1.82) is 0 Å². The minimum Gasteiger partial charge on any atom is -0.280 e. The largest absolute Gasteiger partial charge is 0.280 e. The van der Waals surface area contributed by atoms with Crippen LogP contribution in [0.15, 0.2) is 53.4 Å². The van der Waals surface area contributed by atoms with Gasteiger partial charge in [-0.25, -0.2) is 13.1 Å². The first-order chi connectivity index (χ1) is 11.5. The van der Waals surface area contributed by atoms with Crippen LogP contribution in [0.3, 0.4) is 0 Å². The van der Waals surface area contributed by atoms with Gasteiger partial charge in [-0.1, -0.05) is 19.1 Å². The summed E-state index contributed by atoms with van der Waals surface area (Å²) in [6.45, 7) is 2.02. The summed E-state index contributed by atoms with van der Waals surface area (Å²) in [5.74, 6) is 0.611. The van der Waals surface area contributed by atoms with Crippen molar-refractivity contribution in [2.45, 2.75) is 18.2 Å². The van der Waals surface area contributed by atoms with Gasteiger partial charge in [0.05, 0.1) is 4.90 Å². The van der Waals surface area contributed by atoms with Crippen molar-refractivity contribution in [2.75, 3.05) is 4.72 Å². The molecule has 0 atom stereocenters. The molecule has 2 aromatic carbocycles. The third-order valence-corrected chi connectivity index (χ3v) is 5.05. The number of hydrogen-bond acceptors (Lipinski definition) is 5. The molecule has 0 saturated carbocycles. The number of nitrogens with zero attached hydrogens (tertiary/aromatic N) is 4. The average molecular weight is 343 g/mol. The Labute approximate surface area is 140 Å². The normalized spacial score (nSPS) is 11.4. The molecule has 0 spiro atoms. The van der Waals surface area contributed by atoms with Crippen LogP contribution in [0.5, 0.6) is 0 Å². The van der Waals surface area contributed by atoms with Crippen LogP contribution < -0.4 is 4.72 Å². The fourth-order valence-electron chi connectivity index (χ4n) is 2.28. The molecule has 1 aromatic heterocycles. The van der Waals surface area contributed by atoms with E-state index in [1.54, 1.807) is 48.1 Å². The molecular formula is C16H17N5O2S. The van der Waals surface area contributed by atoms with E-state index in [0.717, 1.165) is 17.5 Å². The zero-order valence-corrected chi connectivity index (χ0v) is 14.2. The van der Waals surface area contributed by atoms with Gasteiger partial charge in [0, 0.05) is 18.3 Å². The molecule has 0 amide bonds. The Hall–Kier alpha value is -2.74. The SMILES string of the molecule is CCc1ccc(S(=O)(=O)Nc2ccc(-c3nnnn3C)cc2)cc1. The van der Waals surface area contributed by atoms with Crippen LogP contribution in [0.1, 0.15) is 12.5 Å². The van der Waals surface area contributed by atoms with Crippen LogP contribution >= 0.6 is 0 Å².